The molecule has 25 heavy (non-hydrogen) atoms. The van der Waals surface area contributed by atoms with E-state index >= 15 is 0 Å². The lowest BCUT2D eigenvalue weighted by atomic mass is 10.1. The van der Waals surface area contributed by atoms with Crippen molar-refractivity contribution >= 4 is 22.4 Å². The number of nitrogens with one attached hydrogen (secondary N) is 2. The van der Waals surface area contributed by atoms with Crippen LogP contribution in [0.5, 0.6) is 0 Å². The van der Waals surface area contributed by atoms with Crippen molar-refractivity contribution in [3.05, 3.63) is 52.7 Å². The van der Waals surface area contributed by atoms with E-state index in [1.165, 1.54) is 11.3 Å². The number of rotatable bonds is 6. The number of anilines is 1. The van der Waals surface area contributed by atoms with Crippen LogP contribution in [0, 0.1) is 6.92 Å². The molecule has 0 unspecified atom stereocenters. The van der Waals surface area contributed by atoms with E-state index in [1.807, 2.05) is 51.1 Å². The maximum absolute atomic E-state index is 12.0. The molecular formula is C18H20N4O2S. The largest absolute Gasteiger partial charge is 0.361 e. The Balaban J connectivity index is 1.72. The highest BCUT2D eigenvalue weighted by atomic mass is 32.1. The van der Waals surface area contributed by atoms with E-state index in [0.29, 0.717) is 16.6 Å². The summed E-state index contributed by atoms with van der Waals surface area (Å²) in [6, 6.07) is 10.00. The third-order valence-corrected chi connectivity index (χ3v) is 4.55. The molecule has 0 aliphatic rings. The van der Waals surface area contributed by atoms with E-state index in [4.69, 9.17) is 4.52 Å². The van der Waals surface area contributed by atoms with Gasteiger partial charge in [-0.25, -0.2) is 4.98 Å². The van der Waals surface area contributed by atoms with Crippen LogP contribution in [0.1, 0.15) is 34.8 Å². The molecule has 2 heterocycles. The van der Waals surface area contributed by atoms with Gasteiger partial charge in [0.2, 0.25) is 0 Å². The minimum absolute atomic E-state index is 0.0964. The number of hydrogen-bond acceptors (Lipinski definition) is 6. The van der Waals surface area contributed by atoms with Crippen molar-refractivity contribution < 1.29 is 9.32 Å². The van der Waals surface area contributed by atoms with E-state index in [1.54, 1.807) is 6.20 Å². The number of amides is 1. The minimum Gasteiger partial charge on any atom is -0.361 e. The van der Waals surface area contributed by atoms with Crippen molar-refractivity contribution in [3.8, 4) is 11.3 Å². The molecule has 2 N–H and O–H groups in total. The van der Waals surface area contributed by atoms with Gasteiger partial charge in [-0.05, 0) is 20.8 Å². The fourth-order valence-corrected chi connectivity index (χ4v) is 3.10. The molecule has 0 fully saturated rings. The lowest BCUT2D eigenvalue weighted by Crippen LogP contribution is -2.29. The highest BCUT2D eigenvalue weighted by Crippen LogP contribution is 2.26. The van der Waals surface area contributed by atoms with E-state index in [0.717, 1.165) is 22.6 Å². The van der Waals surface area contributed by atoms with Gasteiger partial charge in [-0.1, -0.05) is 46.8 Å². The van der Waals surface area contributed by atoms with Crippen LogP contribution in [-0.4, -0.2) is 22.1 Å². The number of benzene rings is 1. The van der Waals surface area contributed by atoms with Crippen LogP contribution in [0.3, 0.4) is 0 Å². The number of aryl methyl sites for hydroxylation is 1. The summed E-state index contributed by atoms with van der Waals surface area (Å²) in [6.07, 6.45) is 1.59. The SMILES string of the molecule is Cc1onc(-c2ccccc2)c1CNc1ncc(C(=O)NC(C)C)s1. The van der Waals surface area contributed by atoms with Crippen LogP contribution < -0.4 is 10.6 Å². The Kier molecular flexibility index (Phi) is 5.14. The van der Waals surface area contributed by atoms with Gasteiger partial charge in [-0.2, -0.15) is 0 Å². The van der Waals surface area contributed by atoms with Gasteiger partial charge in [-0.15, -0.1) is 0 Å². The van der Waals surface area contributed by atoms with Crippen LogP contribution in [0.15, 0.2) is 41.1 Å². The Hall–Kier alpha value is -2.67. The number of hydrogen-bond donors (Lipinski definition) is 2. The second-order valence-electron chi connectivity index (χ2n) is 5.94. The van der Waals surface area contributed by atoms with Crippen LogP contribution in [0.4, 0.5) is 5.13 Å². The van der Waals surface area contributed by atoms with Crippen LogP contribution in [-0.2, 0) is 6.54 Å². The summed E-state index contributed by atoms with van der Waals surface area (Å²) in [5.74, 6) is 0.660. The fourth-order valence-electron chi connectivity index (χ4n) is 2.38. The zero-order valence-corrected chi connectivity index (χ0v) is 15.2. The van der Waals surface area contributed by atoms with E-state index in [9.17, 15) is 4.79 Å². The van der Waals surface area contributed by atoms with Gasteiger partial charge in [0.25, 0.3) is 5.91 Å². The molecule has 7 heteroatoms. The first kappa shape index (κ1) is 17.2. The number of aromatic nitrogens is 2. The Labute approximate surface area is 150 Å². The standard InChI is InChI=1S/C18H20N4O2S/c1-11(2)21-17(23)15-10-20-18(25-15)19-9-14-12(3)24-22-16(14)13-7-5-4-6-8-13/h4-8,10-11H,9H2,1-3H3,(H,19,20)(H,21,23). The first-order valence-electron chi connectivity index (χ1n) is 8.05. The molecule has 0 aliphatic heterocycles. The topological polar surface area (TPSA) is 80.1 Å². The highest BCUT2D eigenvalue weighted by Gasteiger charge is 2.16. The first-order valence-corrected chi connectivity index (χ1v) is 8.87. The first-order chi connectivity index (χ1) is 12.0. The fraction of sp³-hybridized carbons (Fsp3) is 0.278. The number of nitrogens with zero attached hydrogens (tertiary/aromatic N) is 2. The molecule has 0 radical (unpaired) electrons. The van der Waals surface area contributed by atoms with Gasteiger partial charge in [0.15, 0.2) is 5.13 Å². The molecule has 0 saturated heterocycles. The summed E-state index contributed by atoms with van der Waals surface area (Å²) in [4.78, 5) is 16.9. The summed E-state index contributed by atoms with van der Waals surface area (Å²) in [5.41, 5.74) is 2.81. The molecule has 0 saturated carbocycles. The Bertz CT molecular complexity index is 855. The van der Waals surface area contributed by atoms with Gasteiger partial charge >= 0.3 is 0 Å². The van der Waals surface area contributed by atoms with E-state index in [2.05, 4.69) is 20.8 Å². The third kappa shape index (κ3) is 4.06. The average Bonchev–Trinajstić information content (AvgIpc) is 3.20. The van der Waals surface area contributed by atoms with Crippen molar-refractivity contribution in [2.75, 3.05) is 5.32 Å². The summed E-state index contributed by atoms with van der Waals surface area (Å²) in [7, 11) is 0. The summed E-state index contributed by atoms with van der Waals surface area (Å²) < 4.78 is 5.35. The molecule has 2 aromatic heterocycles. The minimum atomic E-state index is -0.105. The van der Waals surface area contributed by atoms with Crippen molar-refractivity contribution in [2.24, 2.45) is 0 Å². The number of carbonyl (C=O) groups is 1. The Morgan fingerprint density at radius 3 is 2.76 bits per heavy atom. The maximum Gasteiger partial charge on any atom is 0.263 e. The van der Waals surface area contributed by atoms with E-state index in [-0.39, 0.29) is 11.9 Å². The quantitative estimate of drug-likeness (QED) is 0.701. The third-order valence-electron chi connectivity index (χ3n) is 3.60. The van der Waals surface area contributed by atoms with Crippen LogP contribution in [0.25, 0.3) is 11.3 Å². The normalized spacial score (nSPS) is 10.9. The van der Waals surface area contributed by atoms with Crippen molar-refractivity contribution in [2.45, 2.75) is 33.4 Å². The van der Waals surface area contributed by atoms with Gasteiger partial charge in [-0.3, -0.25) is 4.79 Å². The molecular weight excluding hydrogens is 336 g/mol. The number of carbonyl (C=O) groups excluding carboxylic acids is 1. The molecule has 0 atom stereocenters. The predicted octanol–water partition coefficient (Wildman–Crippen LogP) is 3.86. The molecule has 130 valence electrons. The number of thiazole rings is 1. The molecule has 1 aromatic carbocycles. The summed E-state index contributed by atoms with van der Waals surface area (Å²) in [6.45, 7) is 6.27. The predicted molar refractivity (Wildman–Crippen MR) is 98.7 cm³/mol. The monoisotopic (exact) mass is 356 g/mol. The van der Waals surface area contributed by atoms with Crippen molar-refractivity contribution in [1.29, 1.82) is 0 Å². The smallest absolute Gasteiger partial charge is 0.263 e. The summed E-state index contributed by atoms with van der Waals surface area (Å²) in [5, 5.41) is 11.0. The summed E-state index contributed by atoms with van der Waals surface area (Å²) >= 11 is 1.33. The molecule has 6 nitrogen and oxygen atoms in total. The van der Waals surface area contributed by atoms with Gasteiger partial charge in [0.05, 0.1) is 6.20 Å². The van der Waals surface area contributed by atoms with Crippen LogP contribution in [0.2, 0.25) is 0 Å². The molecule has 3 aromatic rings. The van der Waals surface area contributed by atoms with Gasteiger partial charge in [0.1, 0.15) is 16.3 Å². The molecule has 0 bridgehead atoms. The van der Waals surface area contributed by atoms with E-state index < -0.39 is 0 Å². The Morgan fingerprint density at radius 2 is 2.04 bits per heavy atom. The van der Waals surface area contributed by atoms with Gasteiger partial charge < -0.3 is 15.2 Å². The molecule has 1 amide bonds. The lowest BCUT2D eigenvalue weighted by molar-refractivity contribution is 0.0947. The Morgan fingerprint density at radius 1 is 1.28 bits per heavy atom. The average molecular weight is 356 g/mol. The maximum atomic E-state index is 12.0. The van der Waals surface area contributed by atoms with Gasteiger partial charge in [0, 0.05) is 23.7 Å². The van der Waals surface area contributed by atoms with Crippen molar-refractivity contribution in [3.63, 3.8) is 0 Å². The molecule has 0 spiro atoms. The zero-order valence-electron chi connectivity index (χ0n) is 14.4. The lowest BCUT2D eigenvalue weighted by Gasteiger charge is -2.05. The van der Waals surface area contributed by atoms with Crippen LogP contribution >= 0.6 is 11.3 Å². The second kappa shape index (κ2) is 7.48. The second-order valence-corrected chi connectivity index (χ2v) is 6.97. The van der Waals surface area contributed by atoms with Crippen molar-refractivity contribution in [1.82, 2.24) is 15.5 Å². The zero-order chi connectivity index (χ0) is 17.8. The molecule has 0 aliphatic carbocycles. The highest BCUT2D eigenvalue weighted by molar-refractivity contribution is 7.17. The molecule has 3 rings (SSSR count).